The molecule has 0 aromatic rings. The maximum Gasteiger partial charge on any atom is 0.0992 e. The summed E-state index contributed by atoms with van der Waals surface area (Å²) in [6.07, 6.45) is 1.94. The van der Waals surface area contributed by atoms with Crippen LogP contribution in [-0.4, -0.2) is 19.2 Å². The molecule has 1 saturated heterocycles. The fourth-order valence-corrected chi connectivity index (χ4v) is 1.70. The van der Waals surface area contributed by atoms with E-state index in [1.807, 2.05) is 13.8 Å². The lowest BCUT2D eigenvalue weighted by atomic mass is 9.88. The first-order chi connectivity index (χ1) is 5.22. The predicted octanol–water partition coefficient (Wildman–Crippen LogP) is 1.44. The molecule has 0 aliphatic carbocycles. The van der Waals surface area contributed by atoms with Crippen LogP contribution in [0.2, 0.25) is 0 Å². The molecular formula is C9H18NO. The molecule has 1 radical (unpaired) electrons. The molecule has 2 heteroatoms. The fraction of sp³-hybridized carbons (Fsp3) is 1.00. The van der Waals surface area contributed by atoms with Crippen LogP contribution in [0.1, 0.15) is 26.7 Å². The van der Waals surface area contributed by atoms with Crippen molar-refractivity contribution in [2.75, 3.05) is 13.1 Å². The lowest BCUT2D eigenvalue weighted by molar-refractivity contribution is -0.00717. The number of rotatable bonds is 2. The number of piperidine rings is 1. The topological polar surface area (TPSA) is 31.9 Å². The van der Waals surface area contributed by atoms with Gasteiger partial charge in [-0.25, -0.2) is 5.11 Å². The van der Waals surface area contributed by atoms with Crippen molar-refractivity contribution < 1.29 is 5.11 Å². The van der Waals surface area contributed by atoms with Crippen molar-refractivity contribution in [3.63, 3.8) is 0 Å². The zero-order valence-electron chi connectivity index (χ0n) is 7.47. The van der Waals surface area contributed by atoms with Gasteiger partial charge in [-0.3, -0.25) is 0 Å². The SMILES string of the molecule is CC(C)C([O])C1CCCNC1. The molecule has 0 bridgehead atoms. The first kappa shape index (κ1) is 9.01. The van der Waals surface area contributed by atoms with Gasteiger partial charge in [-0.1, -0.05) is 13.8 Å². The third-order valence-corrected chi connectivity index (χ3v) is 2.46. The van der Waals surface area contributed by atoms with E-state index in [9.17, 15) is 5.11 Å². The molecule has 1 heterocycles. The summed E-state index contributed by atoms with van der Waals surface area (Å²) in [5.74, 6) is 0.670. The van der Waals surface area contributed by atoms with Crippen molar-refractivity contribution in [3.05, 3.63) is 0 Å². The van der Waals surface area contributed by atoms with E-state index in [0.29, 0.717) is 11.8 Å². The Kier molecular flexibility index (Phi) is 3.34. The maximum atomic E-state index is 11.5. The Morgan fingerprint density at radius 2 is 2.18 bits per heavy atom. The van der Waals surface area contributed by atoms with Gasteiger partial charge in [0, 0.05) is 12.5 Å². The van der Waals surface area contributed by atoms with E-state index in [2.05, 4.69) is 5.32 Å². The Balaban J connectivity index is 2.32. The van der Waals surface area contributed by atoms with Crippen LogP contribution >= 0.6 is 0 Å². The quantitative estimate of drug-likeness (QED) is 0.644. The van der Waals surface area contributed by atoms with E-state index in [1.165, 1.54) is 6.42 Å². The van der Waals surface area contributed by atoms with Gasteiger partial charge in [0.1, 0.15) is 0 Å². The van der Waals surface area contributed by atoms with E-state index in [4.69, 9.17) is 0 Å². The first-order valence-corrected chi connectivity index (χ1v) is 4.58. The molecule has 65 valence electrons. The molecule has 11 heavy (non-hydrogen) atoms. The van der Waals surface area contributed by atoms with E-state index in [0.717, 1.165) is 19.5 Å². The fourth-order valence-electron chi connectivity index (χ4n) is 1.70. The molecule has 1 N–H and O–H groups in total. The highest BCUT2D eigenvalue weighted by Gasteiger charge is 2.24. The minimum atomic E-state index is -0.359. The van der Waals surface area contributed by atoms with Gasteiger partial charge in [-0.2, -0.15) is 0 Å². The standard InChI is InChI=1S/C9H18NO/c1-7(2)9(11)8-4-3-5-10-6-8/h7-10H,3-6H2,1-2H3. The van der Waals surface area contributed by atoms with Crippen molar-refractivity contribution in [1.29, 1.82) is 0 Å². The largest absolute Gasteiger partial charge is 0.316 e. The smallest absolute Gasteiger partial charge is 0.0992 e. The van der Waals surface area contributed by atoms with Crippen LogP contribution in [-0.2, 0) is 5.11 Å². The third kappa shape index (κ3) is 2.46. The highest BCUT2D eigenvalue weighted by molar-refractivity contribution is 4.77. The first-order valence-electron chi connectivity index (χ1n) is 4.58. The minimum absolute atomic E-state index is 0.292. The number of hydrogen-bond acceptors (Lipinski definition) is 1. The molecule has 0 amide bonds. The summed E-state index contributed by atoms with van der Waals surface area (Å²) in [6, 6.07) is 0. The second-order valence-corrected chi connectivity index (χ2v) is 3.82. The molecule has 1 aliphatic rings. The zero-order valence-corrected chi connectivity index (χ0v) is 7.47. The molecule has 0 aromatic carbocycles. The summed E-state index contributed by atoms with van der Waals surface area (Å²) >= 11 is 0. The maximum absolute atomic E-state index is 11.5. The molecule has 2 unspecified atom stereocenters. The molecule has 1 aliphatic heterocycles. The zero-order chi connectivity index (χ0) is 8.27. The summed E-state index contributed by atoms with van der Waals surface area (Å²) in [5, 5.41) is 14.8. The summed E-state index contributed by atoms with van der Waals surface area (Å²) in [6.45, 7) is 6.08. The van der Waals surface area contributed by atoms with Crippen molar-refractivity contribution in [3.8, 4) is 0 Å². The highest BCUT2D eigenvalue weighted by atomic mass is 16.3. The van der Waals surface area contributed by atoms with Crippen molar-refractivity contribution in [2.45, 2.75) is 32.8 Å². The highest BCUT2D eigenvalue weighted by Crippen LogP contribution is 2.19. The predicted molar refractivity (Wildman–Crippen MR) is 44.9 cm³/mol. The van der Waals surface area contributed by atoms with Gasteiger partial charge in [0.05, 0.1) is 6.10 Å². The molecule has 0 aromatic heterocycles. The van der Waals surface area contributed by atoms with Crippen LogP contribution in [0.4, 0.5) is 0 Å². The van der Waals surface area contributed by atoms with Crippen LogP contribution < -0.4 is 5.32 Å². The molecule has 1 rings (SSSR count). The summed E-state index contributed by atoms with van der Waals surface area (Å²) in [7, 11) is 0. The van der Waals surface area contributed by atoms with Gasteiger partial charge in [0.2, 0.25) is 0 Å². The van der Waals surface area contributed by atoms with Gasteiger partial charge in [0.25, 0.3) is 0 Å². The van der Waals surface area contributed by atoms with Crippen molar-refractivity contribution in [2.24, 2.45) is 11.8 Å². The average Bonchev–Trinajstić information content (AvgIpc) is 2.05. The van der Waals surface area contributed by atoms with Crippen LogP contribution in [0.5, 0.6) is 0 Å². The van der Waals surface area contributed by atoms with Crippen LogP contribution in [0.25, 0.3) is 0 Å². The van der Waals surface area contributed by atoms with Crippen LogP contribution in [0.3, 0.4) is 0 Å². The molecule has 2 atom stereocenters. The second-order valence-electron chi connectivity index (χ2n) is 3.82. The monoisotopic (exact) mass is 156 g/mol. The summed E-state index contributed by atoms with van der Waals surface area (Å²) in [5.41, 5.74) is 0. The molecule has 2 nitrogen and oxygen atoms in total. The van der Waals surface area contributed by atoms with E-state index < -0.39 is 0 Å². The van der Waals surface area contributed by atoms with Crippen molar-refractivity contribution in [1.82, 2.24) is 5.32 Å². The number of hydrogen-bond donors (Lipinski definition) is 1. The van der Waals surface area contributed by atoms with Crippen LogP contribution in [0.15, 0.2) is 0 Å². The van der Waals surface area contributed by atoms with Crippen LogP contribution in [0, 0.1) is 11.8 Å². The Morgan fingerprint density at radius 3 is 2.64 bits per heavy atom. The Bertz CT molecular complexity index is 108. The lowest BCUT2D eigenvalue weighted by Crippen LogP contribution is -2.38. The van der Waals surface area contributed by atoms with Gasteiger partial charge in [-0.15, -0.1) is 0 Å². The normalized spacial score (nSPS) is 28.9. The second kappa shape index (κ2) is 4.07. The van der Waals surface area contributed by atoms with E-state index in [1.54, 1.807) is 0 Å². The Morgan fingerprint density at radius 1 is 1.45 bits per heavy atom. The van der Waals surface area contributed by atoms with Gasteiger partial charge in [-0.05, 0) is 25.3 Å². The van der Waals surface area contributed by atoms with Gasteiger partial charge >= 0.3 is 0 Å². The average molecular weight is 156 g/mol. The minimum Gasteiger partial charge on any atom is -0.316 e. The number of nitrogens with one attached hydrogen (secondary N) is 1. The summed E-state index contributed by atoms with van der Waals surface area (Å²) in [4.78, 5) is 0. The Hall–Kier alpha value is -0.0800. The van der Waals surface area contributed by atoms with E-state index in [-0.39, 0.29) is 6.10 Å². The van der Waals surface area contributed by atoms with Gasteiger partial charge < -0.3 is 5.32 Å². The Labute approximate surface area is 69.0 Å². The summed E-state index contributed by atoms with van der Waals surface area (Å²) < 4.78 is 0. The molecule has 0 spiro atoms. The lowest BCUT2D eigenvalue weighted by Gasteiger charge is -2.27. The molecular weight excluding hydrogens is 138 g/mol. The van der Waals surface area contributed by atoms with Gasteiger partial charge in [0.15, 0.2) is 0 Å². The van der Waals surface area contributed by atoms with E-state index >= 15 is 0 Å². The third-order valence-electron chi connectivity index (χ3n) is 2.46. The van der Waals surface area contributed by atoms with Crippen molar-refractivity contribution >= 4 is 0 Å². The molecule has 1 fully saturated rings. The molecule has 0 saturated carbocycles.